The van der Waals surface area contributed by atoms with Crippen LogP contribution in [0.25, 0.3) is 0 Å². The van der Waals surface area contributed by atoms with E-state index in [-0.39, 0.29) is 12.1 Å². The van der Waals surface area contributed by atoms with Crippen LogP contribution in [-0.2, 0) is 16.8 Å². The van der Waals surface area contributed by atoms with Crippen LogP contribution in [-0.4, -0.2) is 29.3 Å². The van der Waals surface area contributed by atoms with Gasteiger partial charge < -0.3 is 5.32 Å². The van der Waals surface area contributed by atoms with Crippen molar-refractivity contribution in [2.75, 3.05) is 0 Å². The lowest BCUT2D eigenvalue weighted by Crippen LogP contribution is -2.23. The second-order valence-electron chi connectivity index (χ2n) is 5.42. The van der Waals surface area contributed by atoms with Crippen LogP contribution < -0.4 is 5.32 Å². The molecule has 1 amide bonds. The van der Waals surface area contributed by atoms with Gasteiger partial charge in [0.05, 0.1) is 23.7 Å². The van der Waals surface area contributed by atoms with E-state index in [4.69, 9.17) is 0 Å². The number of nitrogens with one attached hydrogen (secondary N) is 1. The summed E-state index contributed by atoms with van der Waals surface area (Å²) in [6.07, 6.45) is 5.20. The van der Waals surface area contributed by atoms with Gasteiger partial charge in [0, 0.05) is 5.56 Å². The maximum Gasteiger partial charge on any atom is 0.332 e. The van der Waals surface area contributed by atoms with E-state index < -0.39 is 21.0 Å². The molecular formula is C14H15FN4O3S. The van der Waals surface area contributed by atoms with Crippen molar-refractivity contribution in [3.8, 4) is 0 Å². The summed E-state index contributed by atoms with van der Waals surface area (Å²) in [4.78, 5) is 11.5. The van der Waals surface area contributed by atoms with E-state index in [0.717, 1.165) is 25.0 Å². The topological polar surface area (TPSA) is 93.9 Å². The number of rotatable bonds is 5. The normalized spacial score (nSPS) is 15.2. The number of benzene rings is 1. The number of nitrogens with zero attached hydrogens (tertiary/aromatic N) is 3. The van der Waals surface area contributed by atoms with Gasteiger partial charge in [0.15, 0.2) is 0 Å². The number of hydrogen-bond acceptors (Lipinski definition) is 5. The van der Waals surface area contributed by atoms with Crippen LogP contribution in [0.4, 0.5) is 3.89 Å². The lowest BCUT2D eigenvalue weighted by Gasteiger charge is -2.24. The predicted octanol–water partition coefficient (Wildman–Crippen LogP) is 1.59. The molecule has 2 aromatic rings. The summed E-state index contributed by atoms with van der Waals surface area (Å²) in [6, 6.07) is 5.02. The SMILES string of the molecule is O=C(NCc1cn(C2CCC2)nn1)c1ccc(S(=O)(=O)F)cc1. The highest BCUT2D eigenvalue weighted by atomic mass is 32.3. The van der Waals surface area contributed by atoms with Crippen LogP contribution in [0.15, 0.2) is 35.4 Å². The Bertz CT molecular complexity index is 813. The molecule has 3 rings (SSSR count). The molecule has 0 atom stereocenters. The average molecular weight is 338 g/mol. The van der Waals surface area contributed by atoms with Crippen molar-refractivity contribution in [1.29, 1.82) is 0 Å². The van der Waals surface area contributed by atoms with Gasteiger partial charge in [0.25, 0.3) is 5.91 Å². The van der Waals surface area contributed by atoms with Gasteiger partial charge in [-0.05, 0) is 43.5 Å². The first kappa shape index (κ1) is 15.6. The summed E-state index contributed by atoms with van der Waals surface area (Å²) >= 11 is 0. The van der Waals surface area contributed by atoms with E-state index in [9.17, 15) is 17.1 Å². The summed E-state index contributed by atoms with van der Waals surface area (Å²) in [6.45, 7) is 0.217. The maximum atomic E-state index is 12.8. The van der Waals surface area contributed by atoms with E-state index in [0.29, 0.717) is 11.7 Å². The largest absolute Gasteiger partial charge is 0.346 e. The molecule has 1 aromatic carbocycles. The fourth-order valence-corrected chi connectivity index (χ4v) is 2.73. The Kier molecular flexibility index (Phi) is 4.12. The highest BCUT2D eigenvalue weighted by molar-refractivity contribution is 7.86. The Morgan fingerprint density at radius 2 is 2.00 bits per heavy atom. The molecular weight excluding hydrogens is 323 g/mol. The van der Waals surface area contributed by atoms with E-state index in [1.54, 1.807) is 0 Å². The molecule has 0 bridgehead atoms. The van der Waals surface area contributed by atoms with E-state index >= 15 is 0 Å². The predicted molar refractivity (Wildman–Crippen MR) is 78.8 cm³/mol. The van der Waals surface area contributed by atoms with E-state index in [1.807, 2.05) is 10.9 Å². The molecule has 23 heavy (non-hydrogen) atoms. The van der Waals surface area contributed by atoms with Crippen LogP contribution in [0.1, 0.15) is 41.4 Å². The minimum atomic E-state index is -4.76. The van der Waals surface area contributed by atoms with Crippen LogP contribution in [0.2, 0.25) is 0 Å². The molecule has 0 aliphatic heterocycles. The lowest BCUT2D eigenvalue weighted by atomic mass is 9.93. The van der Waals surface area contributed by atoms with Gasteiger partial charge in [-0.2, -0.15) is 8.42 Å². The molecule has 0 saturated heterocycles. The summed E-state index contributed by atoms with van der Waals surface area (Å²) in [7, 11) is -4.76. The maximum absolute atomic E-state index is 12.8. The minimum absolute atomic E-state index is 0.217. The van der Waals surface area contributed by atoms with Gasteiger partial charge in [-0.1, -0.05) is 5.21 Å². The molecule has 1 aliphatic rings. The van der Waals surface area contributed by atoms with Crippen LogP contribution in [0.5, 0.6) is 0 Å². The highest BCUT2D eigenvalue weighted by Gasteiger charge is 2.20. The molecule has 1 N–H and O–H groups in total. The third-order valence-electron chi connectivity index (χ3n) is 3.83. The number of halogens is 1. The molecule has 1 heterocycles. The van der Waals surface area contributed by atoms with Crippen molar-refractivity contribution >= 4 is 16.1 Å². The van der Waals surface area contributed by atoms with Crippen LogP contribution in [0, 0.1) is 0 Å². The minimum Gasteiger partial charge on any atom is -0.346 e. The lowest BCUT2D eigenvalue weighted by molar-refractivity contribution is 0.0950. The Morgan fingerprint density at radius 3 is 2.57 bits per heavy atom. The molecule has 1 aliphatic carbocycles. The molecule has 122 valence electrons. The summed E-state index contributed by atoms with van der Waals surface area (Å²) < 4.78 is 36.0. The van der Waals surface area contributed by atoms with Crippen molar-refractivity contribution in [2.45, 2.75) is 36.7 Å². The summed E-state index contributed by atoms with van der Waals surface area (Å²) in [5.41, 5.74) is 0.886. The van der Waals surface area contributed by atoms with Gasteiger partial charge in [-0.15, -0.1) is 8.98 Å². The highest BCUT2D eigenvalue weighted by Crippen LogP contribution is 2.30. The third-order valence-corrected chi connectivity index (χ3v) is 4.67. The first-order valence-corrected chi connectivity index (χ1v) is 8.55. The first-order valence-electron chi connectivity index (χ1n) is 7.17. The number of aromatic nitrogens is 3. The molecule has 0 radical (unpaired) electrons. The number of carbonyl (C=O) groups excluding carboxylic acids is 1. The van der Waals surface area contributed by atoms with Gasteiger partial charge in [0.1, 0.15) is 5.69 Å². The van der Waals surface area contributed by atoms with Crippen molar-refractivity contribution in [3.63, 3.8) is 0 Å². The fraction of sp³-hybridized carbons (Fsp3) is 0.357. The zero-order chi connectivity index (χ0) is 16.4. The second-order valence-corrected chi connectivity index (χ2v) is 6.77. The zero-order valence-electron chi connectivity index (χ0n) is 12.1. The third kappa shape index (κ3) is 3.55. The van der Waals surface area contributed by atoms with Crippen molar-refractivity contribution in [3.05, 3.63) is 41.7 Å². The molecule has 0 spiro atoms. The Balaban J connectivity index is 1.59. The summed E-state index contributed by atoms with van der Waals surface area (Å²) in [5, 5.41) is 10.7. The van der Waals surface area contributed by atoms with Gasteiger partial charge in [-0.25, -0.2) is 4.68 Å². The summed E-state index contributed by atoms with van der Waals surface area (Å²) in [5.74, 6) is -0.397. The number of carbonyl (C=O) groups is 1. The number of amides is 1. The first-order chi connectivity index (χ1) is 10.9. The van der Waals surface area contributed by atoms with Crippen LogP contribution in [0.3, 0.4) is 0 Å². The second kappa shape index (κ2) is 6.07. The molecule has 1 aromatic heterocycles. The van der Waals surface area contributed by atoms with Gasteiger partial charge >= 0.3 is 10.2 Å². The van der Waals surface area contributed by atoms with E-state index in [1.165, 1.54) is 18.6 Å². The average Bonchev–Trinajstić information content (AvgIpc) is 2.90. The zero-order valence-corrected chi connectivity index (χ0v) is 13.0. The quantitative estimate of drug-likeness (QED) is 0.836. The smallest absolute Gasteiger partial charge is 0.332 e. The van der Waals surface area contributed by atoms with Crippen molar-refractivity contribution in [2.24, 2.45) is 0 Å². The van der Waals surface area contributed by atoms with E-state index in [2.05, 4.69) is 15.6 Å². The Hall–Kier alpha value is -2.29. The standard InChI is InChI=1S/C14H15FN4O3S/c15-23(21,22)13-6-4-10(5-7-13)14(20)16-8-11-9-19(18-17-11)12-2-1-3-12/h4-7,9,12H,1-3,8H2,(H,16,20). The van der Waals surface area contributed by atoms with Crippen molar-refractivity contribution in [1.82, 2.24) is 20.3 Å². The van der Waals surface area contributed by atoms with Crippen molar-refractivity contribution < 1.29 is 17.1 Å². The molecule has 9 heteroatoms. The molecule has 7 nitrogen and oxygen atoms in total. The molecule has 1 fully saturated rings. The van der Waals surface area contributed by atoms with Gasteiger partial charge in [-0.3, -0.25) is 4.79 Å². The number of hydrogen-bond donors (Lipinski definition) is 1. The molecule has 1 saturated carbocycles. The molecule has 0 unspecified atom stereocenters. The van der Waals surface area contributed by atoms with Gasteiger partial charge in [0.2, 0.25) is 0 Å². The van der Waals surface area contributed by atoms with Crippen LogP contribution >= 0.6 is 0 Å². The fourth-order valence-electron chi connectivity index (χ4n) is 2.27. The monoisotopic (exact) mass is 338 g/mol. The Labute approximate surface area is 132 Å². The Morgan fingerprint density at radius 1 is 1.30 bits per heavy atom.